The number of hydrogen-bond acceptors (Lipinski definition) is 5. The molecule has 2 rings (SSSR count). The van der Waals surface area contributed by atoms with E-state index in [1.807, 2.05) is 14.0 Å². The zero-order valence-corrected chi connectivity index (χ0v) is 9.63. The third-order valence-corrected chi connectivity index (χ3v) is 2.98. The van der Waals surface area contributed by atoms with E-state index in [0.717, 1.165) is 22.0 Å². The fourth-order valence-electron chi connectivity index (χ4n) is 1.56. The second-order valence-electron chi connectivity index (χ2n) is 3.16. The van der Waals surface area contributed by atoms with Crippen molar-refractivity contribution in [2.45, 2.75) is 6.92 Å². The Balaban J connectivity index is 2.61. The predicted octanol–water partition coefficient (Wildman–Crippen LogP) is 1.44. The average molecular weight is 224 g/mol. The quantitative estimate of drug-likeness (QED) is 0.838. The van der Waals surface area contributed by atoms with Crippen molar-refractivity contribution in [3.05, 3.63) is 11.9 Å². The highest BCUT2D eigenvalue weighted by atomic mass is 32.1. The van der Waals surface area contributed by atoms with Gasteiger partial charge < -0.3 is 10.5 Å². The van der Waals surface area contributed by atoms with Crippen LogP contribution in [0.1, 0.15) is 5.69 Å². The van der Waals surface area contributed by atoms with Crippen molar-refractivity contribution >= 4 is 16.5 Å². The van der Waals surface area contributed by atoms with Gasteiger partial charge in [-0.3, -0.25) is 0 Å². The summed E-state index contributed by atoms with van der Waals surface area (Å²) in [5, 5.41) is 4.85. The fraction of sp³-hybridized carbons (Fsp3) is 0.333. The van der Waals surface area contributed by atoms with Crippen LogP contribution in [-0.2, 0) is 7.05 Å². The Kier molecular flexibility index (Phi) is 2.36. The molecule has 2 aromatic rings. The smallest absolute Gasteiger partial charge is 0.220 e. The lowest BCUT2D eigenvalue weighted by Crippen LogP contribution is -1.95. The van der Waals surface area contributed by atoms with Gasteiger partial charge in [-0.15, -0.1) is 0 Å². The molecule has 0 aliphatic rings. The first-order valence-corrected chi connectivity index (χ1v) is 5.24. The first kappa shape index (κ1) is 9.97. The lowest BCUT2D eigenvalue weighted by atomic mass is 10.2. The van der Waals surface area contributed by atoms with Gasteiger partial charge in [0.1, 0.15) is 0 Å². The monoisotopic (exact) mass is 224 g/mol. The molecule has 6 heteroatoms. The minimum Gasteiger partial charge on any atom is -0.481 e. The molecule has 0 spiro atoms. The summed E-state index contributed by atoms with van der Waals surface area (Å²) in [6.07, 6.45) is 1.74. The van der Waals surface area contributed by atoms with Crippen LogP contribution in [0.4, 0.5) is 5.13 Å². The van der Waals surface area contributed by atoms with Gasteiger partial charge in [-0.25, -0.2) is 9.67 Å². The molecule has 0 amide bonds. The number of thiazole rings is 1. The summed E-state index contributed by atoms with van der Waals surface area (Å²) in [5.74, 6) is 0.733. The Hall–Kier alpha value is -1.56. The summed E-state index contributed by atoms with van der Waals surface area (Å²) >= 11 is 1.43. The van der Waals surface area contributed by atoms with E-state index in [1.165, 1.54) is 11.3 Å². The van der Waals surface area contributed by atoms with Crippen molar-refractivity contribution in [1.82, 2.24) is 14.8 Å². The molecule has 0 fully saturated rings. The van der Waals surface area contributed by atoms with Crippen LogP contribution in [-0.4, -0.2) is 21.9 Å². The molecule has 0 radical (unpaired) electrons. The summed E-state index contributed by atoms with van der Waals surface area (Å²) in [4.78, 5) is 5.00. The average Bonchev–Trinajstić information content (AvgIpc) is 2.70. The molecule has 0 bridgehead atoms. The van der Waals surface area contributed by atoms with Crippen molar-refractivity contribution in [1.29, 1.82) is 0 Å². The first-order chi connectivity index (χ1) is 7.13. The van der Waals surface area contributed by atoms with Crippen LogP contribution in [0.15, 0.2) is 6.20 Å². The molecule has 2 aromatic heterocycles. The second kappa shape index (κ2) is 3.54. The van der Waals surface area contributed by atoms with E-state index >= 15 is 0 Å². The van der Waals surface area contributed by atoms with E-state index < -0.39 is 0 Å². The number of aromatic nitrogens is 3. The number of anilines is 1. The Morgan fingerprint density at radius 2 is 2.27 bits per heavy atom. The van der Waals surface area contributed by atoms with E-state index in [-0.39, 0.29) is 0 Å². The number of methoxy groups -OCH3 is 1. The molecule has 0 aliphatic heterocycles. The van der Waals surface area contributed by atoms with Gasteiger partial charge in [0.15, 0.2) is 5.13 Å². The van der Waals surface area contributed by atoms with Crippen molar-refractivity contribution < 1.29 is 4.74 Å². The van der Waals surface area contributed by atoms with E-state index in [2.05, 4.69) is 10.1 Å². The summed E-state index contributed by atoms with van der Waals surface area (Å²) in [6.45, 7) is 1.94. The molecule has 0 saturated heterocycles. The van der Waals surface area contributed by atoms with E-state index in [1.54, 1.807) is 18.0 Å². The van der Waals surface area contributed by atoms with Gasteiger partial charge in [0.2, 0.25) is 5.88 Å². The minimum atomic E-state index is 0.551. The maximum absolute atomic E-state index is 5.60. The standard InChI is InChI=1S/C9H12N4OS/c1-5-7(6-4-11-9(10)15-6)8(14-3)13(2)12-5/h4H,1-3H3,(H2,10,11). The lowest BCUT2D eigenvalue weighted by Gasteiger charge is -2.01. The van der Waals surface area contributed by atoms with Crippen LogP contribution >= 0.6 is 11.3 Å². The Morgan fingerprint density at radius 1 is 1.53 bits per heavy atom. The van der Waals surface area contributed by atoms with E-state index in [0.29, 0.717) is 5.13 Å². The van der Waals surface area contributed by atoms with Crippen molar-refractivity contribution in [3.8, 4) is 16.3 Å². The Bertz CT molecular complexity index is 488. The lowest BCUT2D eigenvalue weighted by molar-refractivity contribution is 0.375. The molecule has 2 N–H and O–H groups in total. The summed E-state index contributed by atoms with van der Waals surface area (Å²) in [6, 6.07) is 0. The second-order valence-corrected chi connectivity index (χ2v) is 4.22. The summed E-state index contributed by atoms with van der Waals surface area (Å²) in [5.41, 5.74) is 7.49. The van der Waals surface area contributed by atoms with Gasteiger partial charge in [-0.05, 0) is 6.92 Å². The van der Waals surface area contributed by atoms with Crippen LogP contribution < -0.4 is 10.5 Å². The number of ether oxygens (including phenoxy) is 1. The Labute approximate surface area is 91.5 Å². The third-order valence-electron chi connectivity index (χ3n) is 2.13. The first-order valence-electron chi connectivity index (χ1n) is 4.42. The van der Waals surface area contributed by atoms with Crippen molar-refractivity contribution in [2.75, 3.05) is 12.8 Å². The molecule has 0 unspecified atom stereocenters. The van der Waals surface area contributed by atoms with Gasteiger partial charge in [-0.2, -0.15) is 5.10 Å². The van der Waals surface area contributed by atoms with Crippen molar-refractivity contribution in [2.24, 2.45) is 7.05 Å². The molecule has 0 aliphatic carbocycles. The van der Waals surface area contributed by atoms with E-state index in [9.17, 15) is 0 Å². The van der Waals surface area contributed by atoms with E-state index in [4.69, 9.17) is 10.5 Å². The highest BCUT2D eigenvalue weighted by Gasteiger charge is 2.17. The number of nitrogen functional groups attached to an aromatic ring is 1. The maximum atomic E-state index is 5.60. The van der Waals surface area contributed by atoms with Crippen LogP contribution in [0, 0.1) is 6.92 Å². The van der Waals surface area contributed by atoms with Crippen LogP contribution in [0.25, 0.3) is 10.4 Å². The highest BCUT2D eigenvalue weighted by molar-refractivity contribution is 7.18. The number of hydrogen-bond donors (Lipinski definition) is 1. The zero-order valence-electron chi connectivity index (χ0n) is 8.81. The van der Waals surface area contributed by atoms with Crippen LogP contribution in [0.3, 0.4) is 0 Å². The zero-order chi connectivity index (χ0) is 11.0. The van der Waals surface area contributed by atoms with Crippen LogP contribution in [0.2, 0.25) is 0 Å². The number of aryl methyl sites for hydroxylation is 2. The third kappa shape index (κ3) is 1.56. The van der Waals surface area contributed by atoms with Gasteiger partial charge >= 0.3 is 0 Å². The molecular formula is C9H12N4OS. The topological polar surface area (TPSA) is 66.0 Å². The van der Waals surface area contributed by atoms with Gasteiger partial charge in [-0.1, -0.05) is 11.3 Å². The van der Waals surface area contributed by atoms with Gasteiger partial charge in [0.05, 0.1) is 23.2 Å². The van der Waals surface area contributed by atoms with Crippen LogP contribution in [0.5, 0.6) is 5.88 Å². The van der Waals surface area contributed by atoms with Gasteiger partial charge in [0, 0.05) is 13.2 Å². The molecule has 0 saturated carbocycles. The highest BCUT2D eigenvalue weighted by Crippen LogP contribution is 2.36. The normalized spacial score (nSPS) is 10.6. The predicted molar refractivity (Wildman–Crippen MR) is 60.0 cm³/mol. The molecule has 0 aromatic carbocycles. The molecule has 5 nitrogen and oxygen atoms in total. The summed E-state index contributed by atoms with van der Waals surface area (Å²) in [7, 11) is 3.48. The Morgan fingerprint density at radius 3 is 2.80 bits per heavy atom. The molecular weight excluding hydrogens is 212 g/mol. The SMILES string of the molecule is COc1c(-c2cnc(N)s2)c(C)nn1C. The molecule has 15 heavy (non-hydrogen) atoms. The summed E-state index contributed by atoms with van der Waals surface area (Å²) < 4.78 is 7.01. The molecule has 80 valence electrons. The molecule has 2 heterocycles. The maximum Gasteiger partial charge on any atom is 0.220 e. The molecule has 0 atom stereocenters. The largest absolute Gasteiger partial charge is 0.481 e. The number of nitrogens with two attached hydrogens (primary N) is 1. The van der Waals surface area contributed by atoms with Crippen molar-refractivity contribution in [3.63, 3.8) is 0 Å². The fourth-order valence-corrected chi connectivity index (χ4v) is 2.33. The number of nitrogens with zero attached hydrogens (tertiary/aromatic N) is 3. The van der Waals surface area contributed by atoms with Gasteiger partial charge in [0.25, 0.3) is 0 Å². The number of rotatable bonds is 2. The minimum absolute atomic E-state index is 0.551.